The average Bonchev–Trinajstić information content (AvgIpc) is 1.75. The minimum absolute atomic E-state index is 0. The van der Waals surface area contributed by atoms with Crippen molar-refractivity contribution in [3.05, 3.63) is 24.8 Å². The zero-order valence-corrected chi connectivity index (χ0v) is 8.14. The third kappa shape index (κ3) is 58.7. The molecule has 0 heterocycles. The molecule has 9 heavy (non-hydrogen) atoms. The zero-order chi connectivity index (χ0) is 6.12. The van der Waals surface area contributed by atoms with Crippen LogP contribution in [0.15, 0.2) is 24.8 Å². The first-order valence-electron chi connectivity index (χ1n) is 1.83. The summed E-state index contributed by atoms with van der Waals surface area (Å²) in [5.74, 6) is 0. The van der Waals surface area contributed by atoms with Gasteiger partial charge < -0.3 is 0 Å². The molecule has 0 aromatic heterocycles. The van der Waals surface area contributed by atoms with E-state index in [0.717, 1.165) is 17.4 Å². The molecular weight excluding hydrogens is 198 g/mol. The molecule has 0 radical (unpaired) electrons. The van der Waals surface area contributed by atoms with E-state index in [9.17, 15) is 0 Å². The summed E-state index contributed by atoms with van der Waals surface area (Å²) in [7, 11) is 0. The van der Waals surface area contributed by atoms with Gasteiger partial charge in [-0.05, 0) is 6.92 Å². The molecule has 0 saturated heterocycles. The maximum atomic E-state index is 8.19. The van der Waals surface area contributed by atoms with Crippen LogP contribution < -0.4 is 0 Å². The van der Waals surface area contributed by atoms with Gasteiger partial charge in [0.05, 0.1) is 0 Å². The Kier molecular flexibility index (Phi) is 99.6. The molecule has 0 unspecified atom stereocenters. The van der Waals surface area contributed by atoms with Crippen molar-refractivity contribution in [2.45, 2.75) is 6.92 Å². The standard InChI is InChI=1S/C5H8.2ClH.O.V/c1-3-5-4-2;;;;/h3-5H,1H2,2H3;2*1H;;. The average molecular weight is 208 g/mol. The van der Waals surface area contributed by atoms with Crippen molar-refractivity contribution < 1.29 is 21.0 Å². The third-order valence-corrected chi connectivity index (χ3v) is 0.329. The van der Waals surface area contributed by atoms with Crippen LogP contribution in [0.2, 0.25) is 0 Å². The van der Waals surface area contributed by atoms with E-state index in [0.29, 0.717) is 0 Å². The van der Waals surface area contributed by atoms with E-state index in [2.05, 4.69) is 6.58 Å². The molecule has 0 amide bonds. The van der Waals surface area contributed by atoms with Crippen LogP contribution >= 0.6 is 24.8 Å². The van der Waals surface area contributed by atoms with Gasteiger partial charge in [-0.1, -0.05) is 24.8 Å². The van der Waals surface area contributed by atoms with Gasteiger partial charge in [0.15, 0.2) is 0 Å². The van der Waals surface area contributed by atoms with Crippen LogP contribution in [0.25, 0.3) is 0 Å². The second-order valence-corrected chi connectivity index (χ2v) is 0.761. The van der Waals surface area contributed by atoms with Gasteiger partial charge in [-0.15, -0.1) is 24.8 Å². The topological polar surface area (TPSA) is 17.1 Å². The summed E-state index contributed by atoms with van der Waals surface area (Å²) in [6.07, 6.45) is 5.58. The Morgan fingerprint density at radius 1 is 1.33 bits per heavy atom. The Morgan fingerprint density at radius 2 is 1.67 bits per heavy atom. The Hall–Kier alpha value is 0.444. The monoisotopic (exact) mass is 207 g/mol. The summed E-state index contributed by atoms with van der Waals surface area (Å²) in [5.41, 5.74) is 0. The van der Waals surface area contributed by atoms with E-state index < -0.39 is 0 Å². The first kappa shape index (κ1) is 22.7. The van der Waals surface area contributed by atoms with Crippen molar-refractivity contribution in [3.63, 3.8) is 0 Å². The fourth-order valence-corrected chi connectivity index (χ4v) is 0.136. The fourth-order valence-electron chi connectivity index (χ4n) is 0.136. The summed E-state index contributed by atoms with van der Waals surface area (Å²) in [6.45, 7) is 5.42. The first-order valence-corrected chi connectivity index (χ1v) is 2.41. The number of hydrogen-bond acceptors (Lipinski definition) is 1. The van der Waals surface area contributed by atoms with Crippen LogP contribution in [0.1, 0.15) is 6.92 Å². The summed E-state index contributed by atoms with van der Waals surface area (Å²) in [5, 5.41) is 0. The van der Waals surface area contributed by atoms with Gasteiger partial charge in [-0.2, -0.15) is 0 Å². The van der Waals surface area contributed by atoms with Gasteiger partial charge in [0, 0.05) is 0 Å². The Morgan fingerprint density at radius 3 is 1.67 bits per heavy atom. The zero-order valence-electron chi connectivity index (χ0n) is 5.11. The summed E-state index contributed by atoms with van der Waals surface area (Å²) in [6, 6.07) is 0. The molecule has 0 aliphatic carbocycles. The predicted octanol–water partition coefficient (Wildman–Crippen LogP) is 2.47. The van der Waals surface area contributed by atoms with Crippen molar-refractivity contribution in [2.75, 3.05) is 0 Å². The molecular formula is C5H10Cl2OV. The van der Waals surface area contributed by atoms with Crippen LogP contribution in [-0.2, 0) is 21.0 Å². The molecule has 0 atom stereocenters. The molecule has 0 spiro atoms. The first-order chi connectivity index (χ1) is 3.41. The molecule has 0 aromatic rings. The van der Waals surface area contributed by atoms with Gasteiger partial charge in [-0.3, -0.25) is 0 Å². The van der Waals surface area contributed by atoms with Crippen LogP contribution in [-0.4, -0.2) is 0 Å². The van der Waals surface area contributed by atoms with Crippen LogP contribution in [0.3, 0.4) is 0 Å². The number of rotatable bonds is 1. The van der Waals surface area contributed by atoms with Gasteiger partial charge in [-0.25, -0.2) is 0 Å². The van der Waals surface area contributed by atoms with Gasteiger partial charge in [0.2, 0.25) is 0 Å². The van der Waals surface area contributed by atoms with E-state index in [4.69, 9.17) is 3.67 Å². The summed E-state index contributed by atoms with van der Waals surface area (Å²) < 4.78 is 8.19. The Balaban J connectivity index is -0.0000000286. The second-order valence-electron chi connectivity index (χ2n) is 0.761. The third-order valence-electron chi connectivity index (χ3n) is 0.329. The van der Waals surface area contributed by atoms with Crippen molar-refractivity contribution in [3.8, 4) is 0 Å². The number of hydrogen-bond donors (Lipinski definition) is 0. The van der Waals surface area contributed by atoms with Crippen molar-refractivity contribution >= 4 is 24.8 Å². The molecule has 0 bridgehead atoms. The quantitative estimate of drug-likeness (QED) is 0.605. The molecule has 0 aromatic carbocycles. The maximum absolute atomic E-state index is 8.19. The van der Waals surface area contributed by atoms with Gasteiger partial charge in [0.25, 0.3) is 0 Å². The summed E-state index contributed by atoms with van der Waals surface area (Å²) in [4.78, 5) is 0. The SMILES string of the molecule is C=CC=CC.Cl.Cl.[O]=[V]. The van der Waals surface area contributed by atoms with E-state index >= 15 is 0 Å². The van der Waals surface area contributed by atoms with Gasteiger partial charge in [0.1, 0.15) is 0 Å². The molecule has 1 nitrogen and oxygen atoms in total. The second kappa shape index (κ2) is 39.4. The molecule has 0 rings (SSSR count). The predicted molar refractivity (Wildman–Crippen MR) is 40.2 cm³/mol. The molecule has 0 aliphatic rings. The minimum atomic E-state index is 0. The van der Waals surface area contributed by atoms with Crippen LogP contribution in [0.4, 0.5) is 0 Å². The van der Waals surface area contributed by atoms with Gasteiger partial charge >= 0.3 is 21.0 Å². The molecule has 55 valence electrons. The molecule has 0 aliphatic heterocycles. The van der Waals surface area contributed by atoms with E-state index in [1.54, 1.807) is 6.08 Å². The number of halogens is 2. The fraction of sp³-hybridized carbons (Fsp3) is 0.200. The molecule has 0 saturated carbocycles. The molecule has 0 fully saturated rings. The number of allylic oxidation sites excluding steroid dienone is 3. The Labute approximate surface area is 77.6 Å². The van der Waals surface area contributed by atoms with E-state index in [1.807, 2.05) is 19.1 Å². The van der Waals surface area contributed by atoms with E-state index in [1.165, 1.54) is 0 Å². The molecule has 4 heteroatoms. The Bertz CT molecular complexity index is 66.0. The van der Waals surface area contributed by atoms with Crippen molar-refractivity contribution in [1.82, 2.24) is 0 Å². The van der Waals surface area contributed by atoms with Crippen LogP contribution in [0, 0.1) is 0 Å². The van der Waals surface area contributed by atoms with Crippen LogP contribution in [0.5, 0.6) is 0 Å². The normalized spacial score (nSPS) is 5.33. The van der Waals surface area contributed by atoms with Crippen molar-refractivity contribution in [1.29, 1.82) is 0 Å². The molecule has 0 N–H and O–H groups in total. The summed E-state index contributed by atoms with van der Waals surface area (Å²) >= 11 is 1.06. The van der Waals surface area contributed by atoms with E-state index in [-0.39, 0.29) is 24.8 Å². The van der Waals surface area contributed by atoms with Crippen molar-refractivity contribution in [2.24, 2.45) is 0 Å².